The number of anilines is 2. The van der Waals surface area contributed by atoms with Crippen LogP contribution in [0.1, 0.15) is 51.9 Å². The Labute approximate surface area is 193 Å². The molecule has 164 valence electrons. The number of nitrogens with zero attached hydrogens (tertiary/aromatic N) is 3. The summed E-state index contributed by atoms with van der Waals surface area (Å²) in [5, 5.41) is 2.65. The van der Waals surface area contributed by atoms with Gasteiger partial charge in [-0.1, -0.05) is 39.0 Å². The Morgan fingerprint density at radius 3 is 1.57 bits per heavy atom. The van der Waals surface area contributed by atoms with E-state index >= 15 is 0 Å². The van der Waals surface area contributed by atoms with Gasteiger partial charge in [-0.05, 0) is 36.8 Å². The van der Waals surface area contributed by atoms with Crippen LogP contribution >= 0.6 is 17.0 Å². The van der Waals surface area contributed by atoms with Crippen LogP contribution in [0.4, 0.5) is 11.4 Å². The molecule has 0 atom stereocenters. The van der Waals surface area contributed by atoms with Gasteiger partial charge in [0.1, 0.15) is 6.54 Å². The van der Waals surface area contributed by atoms with Crippen LogP contribution < -0.4 is 14.4 Å². The molecule has 0 aliphatic carbocycles. The first-order valence-electron chi connectivity index (χ1n) is 11.3. The molecule has 0 aliphatic rings. The number of fused-ring (bicyclic) bond motifs is 2. The number of rotatable bonds is 10. The van der Waals surface area contributed by atoms with Gasteiger partial charge in [-0.15, -0.1) is 17.0 Å². The van der Waals surface area contributed by atoms with Crippen molar-refractivity contribution in [1.82, 2.24) is 0 Å². The summed E-state index contributed by atoms with van der Waals surface area (Å²) in [6.45, 7) is 3.36. The fourth-order valence-electron chi connectivity index (χ4n) is 4.10. The largest absolute Gasteiger partial charge is 0.377 e. The van der Waals surface area contributed by atoms with E-state index in [2.05, 4.69) is 91.9 Å². The van der Waals surface area contributed by atoms with Crippen molar-refractivity contribution in [1.29, 1.82) is 0 Å². The van der Waals surface area contributed by atoms with Crippen LogP contribution in [0.5, 0.6) is 0 Å². The summed E-state index contributed by atoms with van der Waals surface area (Å²) >= 11 is 0. The Kier molecular flexibility index (Phi) is 9.41. The summed E-state index contributed by atoms with van der Waals surface area (Å²) in [5.74, 6) is 0. The second-order valence-corrected chi connectivity index (χ2v) is 8.69. The Bertz CT molecular complexity index is 884. The second kappa shape index (κ2) is 11.5. The molecule has 3 rings (SSSR count). The molecule has 0 spiro atoms. The maximum Gasteiger partial charge on any atom is 0.215 e. The molecular weight excluding hydrogens is 434 g/mol. The van der Waals surface area contributed by atoms with Gasteiger partial charge in [-0.3, -0.25) is 0 Å². The Hall–Kier alpha value is -1.81. The number of benzene rings is 2. The van der Waals surface area contributed by atoms with E-state index in [1.54, 1.807) is 0 Å². The molecule has 4 heteroatoms. The third-order valence-corrected chi connectivity index (χ3v) is 5.94. The van der Waals surface area contributed by atoms with Gasteiger partial charge in [0.25, 0.3) is 0 Å². The molecule has 2 aromatic carbocycles. The topological polar surface area (TPSA) is 10.4 Å². The van der Waals surface area contributed by atoms with Crippen molar-refractivity contribution >= 4 is 50.2 Å². The van der Waals surface area contributed by atoms with Crippen LogP contribution in [-0.2, 0) is 6.54 Å². The van der Waals surface area contributed by atoms with Crippen LogP contribution in [0.15, 0.2) is 42.5 Å². The smallest absolute Gasteiger partial charge is 0.215 e. The highest BCUT2D eigenvalue weighted by Crippen LogP contribution is 2.25. The van der Waals surface area contributed by atoms with Gasteiger partial charge in [0.15, 0.2) is 0 Å². The fourth-order valence-corrected chi connectivity index (χ4v) is 4.10. The summed E-state index contributed by atoms with van der Waals surface area (Å²) in [6, 6.07) is 16.0. The number of hydrogen-bond donors (Lipinski definition) is 0. The molecule has 1 heterocycles. The fraction of sp³-hybridized carbons (Fsp3) is 0.500. The number of halogens is 1. The van der Waals surface area contributed by atoms with Crippen molar-refractivity contribution in [3.8, 4) is 0 Å². The maximum atomic E-state index is 2.55. The quantitative estimate of drug-likeness (QED) is 0.183. The van der Waals surface area contributed by atoms with Crippen LogP contribution in [0.25, 0.3) is 21.8 Å². The third kappa shape index (κ3) is 5.87. The van der Waals surface area contributed by atoms with Gasteiger partial charge < -0.3 is 9.80 Å². The molecule has 3 nitrogen and oxygen atoms in total. The summed E-state index contributed by atoms with van der Waals surface area (Å²) in [6.07, 6.45) is 9.38. The van der Waals surface area contributed by atoms with Gasteiger partial charge in [0.2, 0.25) is 11.0 Å². The monoisotopic (exact) mass is 472 g/mol. The zero-order valence-electron chi connectivity index (χ0n) is 19.4. The third-order valence-electron chi connectivity index (χ3n) is 5.94. The van der Waals surface area contributed by atoms with Gasteiger partial charge >= 0.3 is 0 Å². The maximum absolute atomic E-state index is 2.55. The average molecular weight is 474 g/mol. The van der Waals surface area contributed by atoms with Crippen LogP contribution in [-0.4, -0.2) is 28.2 Å². The normalized spacial score (nSPS) is 11.0. The molecule has 30 heavy (non-hydrogen) atoms. The van der Waals surface area contributed by atoms with E-state index < -0.39 is 0 Å². The van der Waals surface area contributed by atoms with Gasteiger partial charge in [-0.2, -0.15) is 4.57 Å². The minimum atomic E-state index is 0. The van der Waals surface area contributed by atoms with Crippen LogP contribution in [0.2, 0.25) is 0 Å². The molecular formula is C26H39BrN3+. The molecule has 0 saturated carbocycles. The first-order valence-corrected chi connectivity index (χ1v) is 11.3. The summed E-state index contributed by atoms with van der Waals surface area (Å²) in [7, 11) is 8.47. The van der Waals surface area contributed by atoms with Gasteiger partial charge in [0, 0.05) is 68.9 Å². The summed E-state index contributed by atoms with van der Waals surface area (Å²) in [5.41, 5.74) is 5.19. The van der Waals surface area contributed by atoms with Crippen molar-refractivity contribution in [2.24, 2.45) is 0 Å². The molecule has 0 amide bonds. The number of hydrogen-bond acceptors (Lipinski definition) is 2. The highest BCUT2D eigenvalue weighted by Gasteiger charge is 2.17. The molecule has 0 bridgehead atoms. The zero-order chi connectivity index (χ0) is 20.8. The Morgan fingerprint density at radius 2 is 1.10 bits per heavy atom. The zero-order valence-corrected chi connectivity index (χ0v) is 21.2. The lowest BCUT2D eigenvalue weighted by atomic mass is 10.1. The van der Waals surface area contributed by atoms with E-state index in [0.29, 0.717) is 0 Å². The van der Waals surface area contributed by atoms with Crippen molar-refractivity contribution < 1.29 is 4.57 Å². The predicted octanol–water partition coefficient (Wildman–Crippen LogP) is 6.74. The minimum absolute atomic E-state index is 0. The van der Waals surface area contributed by atoms with Gasteiger partial charge in [0.05, 0.1) is 0 Å². The van der Waals surface area contributed by atoms with E-state index in [1.807, 2.05) is 0 Å². The van der Waals surface area contributed by atoms with E-state index in [9.17, 15) is 0 Å². The van der Waals surface area contributed by atoms with Crippen molar-refractivity contribution in [3.05, 3.63) is 42.5 Å². The number of unbranched alkanes of at least 4 members (excludes halogenated alkanes) is 6. The lowest BCUT2D eigenvalue weighted by molar-refractivity contribution is -0.645. The van der Waals surface area contributed by atoms with E-state index in [0.717, 1.165) is 6.54 Å². The molecule has 0 unspecified atom stereocenters. The molecule has 0 fully saturated rings. The lowest BCUT2D eigenvalue weighted by Gasteiger charge is -2.15. The van der Waals surface area contributed by atoms with Crippen molar-refractivity contribution in [2.45, 2.75) is 58.4 Å². The van der Waals surface area contributed by atoms with E-state index in [1.165, 1.54) is 78.1 Å². The molecule has 0 radical (unpaired) electrons. The second-order valence-electron chi connectivity index (χ2n) is 8.69. The molecule has 0 N–H and O–H groups in total. The highest BCUT2D eigenvalue weighted by molar-refractivity contribution is 8.93. The SMILES string of the molecule is Br.CCCCCCCCC[n+]1c2cc(N(C)C)ccc2cc2ccc(N(C)C)cc21. The number of aromatic nitrogens is 1. The first kappa shape index (κ1) is 24.5. The van der Waals surface area contributed by atoms with E-state index in [-0.39, 0.29) is 17.0 Å². The van der Waals surface area contributed by atoms with Gasteiger partial charge in [-0.25, -0.2) is 0 Å². The highest BCUT2D eigenvalue weighted by atomic mass is 79.9. The van der Waals surface area contributed by atoms with E-state index in [4.69, 9.17) is 0 Å². The molecule has 0 aliphatic heterocycles. The lowest BCUT2D eigenvalue weighted by Crippen LogP contribution is -2.36. The first-order chi connectivity index (χ1) is 14.0. The summed E-state index contributed by atoms with van der Waals surface area (Å²) in [4.78, 5) is 4.38. The Balaban J connectivity index is 0.00000320. The summed E-state index contributed by atoms with van der Waals surface area (Å²) < 4.78 is 2.55. The van der Waals surface area contributed by atoms with Crippen molar-refractivity contribution in [2.75, 3.05) is 38.0 Å². The standard InChI is InChI=1S/C26H38N3.BrH/c1-6-7-8-9-10-11-12-17-29-25-19-23(27(2)3)15-13-21(25)18-22-14-16-24(28(4)5)20-26(22)29;/h13-16,18-20H,6-12,17H2,1-5H3;1H/q+1;. The number of aryl methyl sites for hydroxylation is 1. The Morgan fingerprint density at radius 1 is 0.633 bits per heavy atom. The predicted molar refractivity (Wildman–Crippen MR) is 139 cm³/mol. The minimum Gasteiger partial charge on any atom is -0.377 e. The van der Waals surface area contributed by atoms with Crippen LogP contribution in [0, 0.1) is 0 Å². The molecule has 3 aromatic rings. The molecule has 0 saturated heterocycles. The van der Waals surface area contributed by atoms with Crippen LogP contribution in [0.3, 0.4) is 0 Å². The average Bonchev–Trinajstić information content (AvgIpc) is 2.71. The van der Waals surface area contributed by atoms with Crippen molar-refractivity contribution in [3.63, 3.8) is 0 Å². The molecule has 1 aromatic heterocycles. The number of pyridine rings is 1.